The van der Waals surface area contributed by atoms with Crippen LogP contribution in [0.4, 0.5) is 0 Å². The van der Waals surface area contributed by atoms with Crippen molar-refractivity contribution in [3.8, 4) is 11.3 Å². The third-order valence-corrected chi connectivity index (χ3v) is 7.45. The van der Waals surface area contributed by atoms with Gasteiger partial charge in [0.1, 0.15) is 11.2 Å². The molecule has 4 aromatic rings. The van der Waals surface area contributed by atoms with Crippen molar-refractivity contribution in [1.29, 1.82) is 0 Å². The quantitative estimate of drug-likeness (QED) is 0.416. The number of hydrogen-bond acceptors (Lipinski definition) is 2. The van der Waals surface area contributed by atoms with E-state index in [0.717, 1.165) is 28.3 Å². The summed E-state index contributed by atoms with van der Waals surface area (Å²) >= 11 is 0. The predicted molar refractivity (Wildman–Crippen MR) is 112 cm³/mol. The molecule has 3 heteroatoms. The molecule has 0 aliphatic heterocycles. The molecule has 1 aliphatic rings. The maximum absolute atomic E-state index is 6.48. The van der Waals surface area contributed by atoms with Gasteiger partial charge in [-0.15, -0.1) is 0 Å². The van der Waals surface area contributed by atoms with E-state index >= 15 is 0 Å². The zero-order valence-corrected chi connectivity index (χ0v) is 16.5. The second-order valence-electron chi connectivity index (χ2n) is 8.47. The molecule has 2 aromatic carbocycles. The predicted octanol–water partition coefficient (Wildman–Crippen LogP) is 6.07. The number of fused-ring (bicyclic) bond motifs is 3. The van der Waals surface area contributed by atoms with E-state index in [9.17, 15) is 0 Å². The highest BCUT2D eigenvalue weighted by Crippen LogP contribution is 2.40. The van der Waals surface area contributed by atoms with Gasteiger partial charge in [-0.3, -0.25) is 4.98 Å². The van der Waals surface area contributed by atoms with Crippen LogP contribution in [0.3, 0.4) is 0 Å². The highest BCUT2D eigenvalue weighted by molar-refractivity contribution is 6.90. The average Bonchev–Trinajstić information content (AvgIpc) is 3.41. The molecule has 0 spiro atoms. The summed E-state index contributed by atoms with van der Waals surface area (Å²) in [7, 11) is -1.48. The van der Waals surface area contributed by atoms with Crippen molar-refractivity contribution in [3.05, 3.63) is 60.3 Å². The van der Waals surface area contributed by atoms with E-state index in [-0.39, 0.29) is 0 Å². The first kappa shape index (κ1) is 15.8. The van der Waals surface area contributed by atoms with Crippen LogP contribution in [-0.4, -0.2) is 13.1 Å². The molecule has 0 unspecified atom stereocenters. The first-order chi connectivity index (χ1) is 12.5. The maximum Gasteiger partial charge on any atom is 0.144 e. The van der Waals surface area contributed by atoms with E-state index in [1.54, 1.807) is 0 Å². The van der Waals surface area contributed by atoms with Crippen LogP contribution < -0.4 is 5.19 Å². The van der Waals surface area contributed by atoms with E-state index in [1.165, 1.54) is 34.4 Å². The van der Waals surface area contributed by atoms with Crippen LogP contribution in [-0.2, 0) is 0 Å². The van der Waals surface area contributed by atoms with Gasteiger partial charge in [-0.05, 0) is 41.6 Å². The van der Waals surface area contributed by atoms with Crippen molar-refractivity contribution in [2.45, 2.75) is 38.4 Å². The molecule has 2 nitrogen and oxygen atoms in total. The Balaban J connectivity index is 1.73. The molecule has 1 fully saturated rings. The van der Waals surface area contributed by atoms with Crippen molar-refractivity contribution in [3.63, 3.8) is 0 Å². The minimum atomic E-state index is -1.48. The molecule has 0 bridgehead atoms. The van der Waals surface area contributed by atoms with Crippen LogP contribution in [0.5, 0.6) is 0 Å². The fraction of sp³-hybridized carbons (Fsp3) is 0.261. The first-order valence-corrected chi connectivity index (χ1v) is 12.9. The molecular formula is C23H23NOSi. The van der Waals surface area contributed by atoms with Gasteiger partial charge in [-0.25, -0.2) is 0 Å². The lowest BCUT2D eigenvalue weighted by Gasteiger charge is -2.16. The number of furan rings is 1. The highest BCUT2D eigenvalue weighted by Gasteiger charge is 2.25. The zero-order chi connectivity index (χ0) is 17.9. The number of hydrogen-bond donors (Lipinski definition) is 0. The molecule has 1 aliphatic carbocycles. The molecule has 0 saturated heterocycles. The van der Waals surface area contributed by atoms with Gasteiger partial charge in [0.15, 0.2) is 0 Å². The van der Waals surface area contributed by atoms with Gasteiger partial charge in [-0.1, -0.05) is 56.0 Å². The van der Waals surface area contributed by atoms with Crippen LogP contribution >= 0.6 is 0 Å². The summed E-state index contributed by atoms with van der Waals surface area (Å²) in [5.41, 5.74) is 5.46. The number of pyridine rings is 1. The summed E-state index contributed by atoms with van der Waals surface area (Å²) < 4.78 is 6.48. The van der Waals surface area contributed by atoms with Crippen LogP contribution in [0.2, 0.25) is 19.6 Å². The Morgan fingerprint density at radius 2 is 1.62 bits per heavy atom. The summed E-state index contributed by atoms with van der Waals surface area (Å²) in [5, 5.41) is 3.79. The summed E-state index contributed by atoms with van der Waals surface area (Å²) in [6, 6.07) is 17.4. The second kappa shape index (κ2) is 5.55. The molecule has 2 heterocycles. The maximum atomic E-state index is 6.48. The van der Waals surface area contributed by atoms with Crippen molar-refractivity contribution in [2.24, 2.45) is 0 Å². The Bertz CT molecular complexity index is 1110. The Kier molecular flexibility index (Phi) is 3.38. The van der Waals surface area contributed by atoms with Crippen LogP contribution in [0.15, 0.2) is 59.1 Å². The van der Waals surface area contributed by atoms with E-state index in [4.69, 9.17) is 9.40 Å². The van der Waals surface area contributed by atoms with Crippen molar-refractivity contribution in [2.75, 3.05) is 0 Å². The van der Waals surface area contributed by atoms with E-state index in [1.807, 2.05) is 6.20 Å². The molecule has 0 N–H and O–H groups in total. The van der Waals surface area contributed by atoms with Crippen molar-refractivity contribution >= 4 is 35.2 Å². The normalized spacial score (nSPS) is 15.0. The Hall–Kier alpha value is -2.39. The standard InChI is InChI=1S/C23H23NOSi/c1-26(2,3)21-9-5-7-18-17-6-4-8-19(22(17)25-23(18)21)20-13-12-16(14-24-20)15-10-11-15/h4-9,12-15H,10-11H2,1-3H3. The molecule has 0 radical (unpaired) electrons. The number of aromatic nitrogens is 1. The number of nitrogens with zero attached hydrogens (tertiary/aromatic N) is 1. The largest absolute Gasteiger partial charge is 0.455 e. The molecule has 5 rings (SSSR count). The molecular weight excluding hydrogens is 334 g/mol. The first-order valence-electron chi connectivity index (χ1n) is 9.43. The van der Waals surface area contributed by atoms with Crippen molar-refractivity contribution in [1.82, 2.24) is 4.98 Å². The van der Waals surface area contributed by atoms with Crippen molar-refractivity contribution < 1.29 is 4.42 Å². The number of rotatable bonds is 3. The third kappa shape index (κ3) is 2.50. The summed E-state index contributed by atoms with van der Waals surface area (Å²) in [6.45, 7) is 7.11. The Morgan fingerprint density at radius 3 is 2.27 bits per heavy atom. The van der Waals surface area contributed by atoms with Gasteiger partial charge >= 0.3 is 0 Å². The van der Waals surface area contributed by atoms with Gasteiger partial charge in [0.25, 0.3) is 0 Å². The molecule has 2 aromatic heterocycles. The highest BCUT2D eigenvalue weighted by atomic mass is 28.3. The van der Waals surface area contributed by atoms with Crippen LogP contribution in [0.1, 0.15) is 24.3 Å². The van der Waals surface area contributed by atoms with Gasteiger partial charge in [0.05, 0.1) is 13.8 Å². The lowest BCUT2D eigenvalue weighted by molar-refractivity contribution is 0.672. The van der Waals surface area contributed by atoms with Gasteiger partial charge in [0.2, 0.25) is 0 Å². The summed E-state index contributed by atoms with van der Waals surface area (Å²) in [6.07, 6.45) is 4.65. The summed E-state index contributed by atoms with van der Waals surface area (Å²) in [4.78, 5) is 4.75. The summed E-state index contributed by atoms with van der Waals surface area (Å²) in [5.74, 6) is 0.734. The molecule has 0 atom stereocenters. The topological polar surface area (TPSA) is 26.0 Å². The molecule has 0 amide bonds. The fourth-order valence-corrected chi connectivity index (χ4v) is 5.30. The lowest BCUT2D eigenvalue weighted by atomic mass is 10.1. The van der Waals surface area contributed by atoms with Gasteiger partial charge < -0.3 is 4.42 Å². The average molecular weight is 358 g/mol. The monoisotopic (exact) mass is 357 g/mol. The molecule has 130 valence electrons. The number of para-hydroxylation sites is 2. The van der Waals surface area contributed by atoms with Gasteiger partial charge in [-0.2, -0.15) is 0 Å². The zero-order valence-electron chi connectivity index (χ0n) is 15.5. The number of benzene rings is 2. The minimum absolute atomic E-state index is 0.734. The van der Waals surface area contributed by atoms with Crippen LogP contribution in [0, 0.1) is 0 Å². The lowest BCUT2D eigenvalue weighted by Crippen LogP contribution is -2.37. The SMILES string of the molecule is C[Si](C)(C)c1cccc2c1oc1c(-c3ccc(C4CC4)cn3)cccc12. The Labute approximate surface area is 154 Å². The van der Waals surface area contributed by atoms with Gasteiger partial charge in [0, 0.05) is 22.5 Å². The van der Waals surface area contributed by atoms with E-state index in [2.05, 4.69) is 68.2 Å². The van der Waals surface area contributed by atoms with E-state index in [0.29, 0.717) is 0 Å². The fourth-order valence-electron chi connectivity index (χ4n) is 3.84. The van der Waals surface area contributed by atoms with Crippen LogP contribution in [0.25, 0.3) is 33.2 Å². The molecule has 26 heavy (non-hydrogen) atoms. The third-order valence-electron chi connectivity index (χ3n) is 5.44. The Morgan fingerprint density at radius 1 is 0.885 bits per heavy atom. The minimum Gasteiger partial charge on any atom is -0.455 e. The second-order valence-corrected chi connectivity index (χ2v) is 13.5. The molecule has 1 saturated carbocycles. The smallest absolute Gasteiger partial charge is 0.144 e. The van der Waals surface area contributed by atoms with E-state index < -0.39 is 8.07 Å².